The van der Waals surface area contributed by atoms with Gasteiger partial charge in [0.2, 0.25) is 0 Å². The number of benzene rings is 1. The minimum Gasteiger partial charge on any atom is -0.497 e. The van der Waals surface area contributed by atoms with Crippen LogP contribution in [0, 0.1) is 11.8 Å². The second kappa shape index (κ2) is 8.21. The van der Waals surface area contributed by atoms with Crippen molar-refractivity contribution >= 4 is 0 Å². The molecule has 108 valence electrons. The zero-order valence-corrected chi connectivity index (χ0v) is 13.1. The Morgan fingerprint density at radius 1 is 1.05 bits per heavy atom. The molecule has 0 aromatic heterocycles. The highest BCUT2D eigenvalue weighted by molar-refractivity contribution is 5.27. The van der Waals surface area contributed by atoms with E-state index in [9.17, 15) is 0 Å². The fourth-order valence-electron chi connectivity index (χ4n) is 1.90. The van der Waals surface area contributed by atoms with Gasteiger partial charge in [0.1, 0.15) is 5.75 Å². The average Bonchev–Trinajstić information content (AvgIpc) is 2.42. The van der Waals surface area contributed by atoms with Crippen molar-refractivity contribution in [2.75, 3.05) is 13.7 Å². The zero-order chi connectivity index (χ0) is 14.3. The Morgan fingerprint density at radius 3 is 2.21 bits per heavy atom. The lowest BCUT2D eigenvalue weighted by Gasteiger charge is -2.20. The van der Waals surface area contributed by atoms with Crippen LogP contribution in [-0.2, 0) is 6.42 Å². The maximum atomic E-state index is 5.17. The lowest BCUT2D eigenvalue weighted by molar-refractivity contribution is 0.367. The zero-order valence-electron chi connectivity index (χ0n) is 13.1. The Labute approximate surface area is 118 Å². The summed E-state index contributed by atoms with van der Waals surface area (Å²) < 4.78 is 5.17. The third-order valence-corrected chi connectivity index (χ3v) is 3.95. The van der Waals surface area contributed by atoms with Crippen LogP contribution in [-0.4, -0.2) is 19.7 Å². The number of hydrogen-bond donors (Lipinski definition) is 1. The highest BCUT2D eigenvalue weighted by atomic mass is 16.5. The summed E-state index contributed by atoms with van der Waals surface area (Å²) in [6.07, 6.45) is 2.30. The Kier molecular flexibility index (Phi) is 6.93. The van der Waals surface area contributed by atoms with Crippen LogP contribution in [0.4, 0.5) is 0 Å². The van der Waals surface area contributed by atoms with Crippen molar-refractivity contribution in [3.63, 3.8) is 0 Å². The van der Waals surface area contributed by atoms with Crippen molar-refractivity contribution in [2.45, 2.75) is 46.6 Å². The number of aryl methyl sites for hydroxylation is 1. The fourth-order valence-corrected chi connectivity index (χ4v) is 1.90. The molecule has 2 nitrogen and oxygen atoms in total. The lowest BCUT2D eigenvalue weighted by Crippen LogP contribution is -2.32. The Morgan fingerprint density at radius 2 is 1.68 bits per heavy atom. The molecule has 0 saturated heterocycles. The van der Waals surface area contributed by atoms with E-state index < -0.39 is 0 Å². The lowest BCUT2D eigenvalue weighted by atomic mass is 9.97. The predicted octanol–water partition coefficient (Wildman–Crippen LogP) is 3.90. The molecule has 0 fully saturated rings. The second-order valence-corrected chi connectivity index (χ2v) is 5.92. The summed E-state index contributed by atoms with van der Waals surface area (Å²) >= 11 is 0. The van der Waals surface area contributed by atoms with Crippen molar-refractivity contribution in [3.05, 3.63) is 29.8 Å². The summed E-state index contributed by atoms with van der Waals surface area (Å²) in [6, 6.07) is 8.95. The first-order valence-electron chi connectivity index (χ1n) is 7.39. The summed E-state index contributed by atoms with van der Waals surface area (Å²) in [6.45, 7) is 10.3. The molecular weight excluding hydrogens is 234 g/mol. The molecule has 0 saturated carbocycles. The molecular formula is C17H29NO. The van der Waals surface area contributed by atoms with E-state index in [0.29, 0.717) is 6.04 Å². The first-order chi connectivity index (χ1) is 9.02. The minimum absolute atomic E-state index is 0.573. The smallest absolute Gasteiger partial charge is 0.118 e. The number of hydrogen-bond acceptors (Lipinski definition) is 2. The van der Waals surface area contributed by atoms with Crippen LogP contribution in [0.5, 0.6) is 5.75 Å². The van der Waals surface area contributed by atoms with Crippen molar-refractivity contribution in [2.24, 2.45) is 11.8 Å². The molecule has 2 unspecified atom stereocenters. The maximum Gasteiger partial charge on any atom is 0.118 e. The molecule has 0 bridgehead atoms. The van der Waals surface area contributed by atoms with Crippen LogP contribution in [0.1, 0.15) is 39.7 Å². The standard InChI is InChI=1S/C17H29NO/c1-13(2)14(3)12-18-15(4)6-7-16-8-10-17(19-5)11-9-16/h8-11,13-15,18H,6-7,12H2,1-5H3. The number of methoxy groups -OCH3 is 1. The van der Waals surface area contributed by atoms with Crippen LogP contribution in [0.3, 0.4) is 0 Å². The van der Waals surface area contributed by atoms with Gasteiger partial charge in [-0.2, -0.15) is 0 Å². The summed E-state index contributed by atoms with van der Waals surface area (Å²) in [4.78, 5) is 0. The monoisotopic (exact) mass is 263 g/mol. The van der Waals surface area contributed by atoms with E-state index in [1.165, 1.54) is 12.0 Å². The van der Waals surface area contributed by atoms with Crippen molar-refractivity contribution in [3.8, 4) is 5.75 Å². The van der Waals surface area contributed by atoms with Crippen LogP contribution in [0.25, 0.3) is 0 Å². The molecule has 1 aromatic carbocycles. The van der Waals surface area contributed by atoms with Crippen molar-refractivity contribution < 1.29 is 4.74 Å². The van der Waals surface area contributed by atoms with Crippen molar-refractivity contribution in [1.29, 1.82) is 0 Å². The first kappa shape index (κ1) is 16.0. The molecule has 1 N–H and O–H groups in total. The van der Waals surface area contributed by atoms with Crippen LogP contribution in [0.2, 0.25) is 0 Å². The van der Waals surface area contributed by atoms with Gasteiger partial charge in [0.15, 0.2) is 0 Å². The number of rotatable bonds is 8. The average molecular weight is 263 g/mol. The van der Waals surface area contributed by atoms with E-state index >= 15 is 0 Å². The van der Waals surface area contributed by atoms with Gasteiger partial charge in [-0.3, -0.25) is 0 Å². The molecule has 0 radical (unpaired) electrons. The molecule has 1 rings (SSSR count). The number of ether oxygens (including phenoxy) is 1. The molecule has 2 heteroatoms. The van der Waals surface area contributed by atoms with Crippen LogP contribution in [0.15, 0.2) is 24.3 Å². The Hall–Kier alpha value is -1.02. The van der Waals surface area contributed by atoms with Crippen LogP contribution < -0.4 is 10.1 Å². The normalized spacial score (nSPS) is 14.4. The summed E-state index contributed by atoms with van der Waals surface area (Å²) in [5.74, 6) is 2.42. The van der Waals surface area contributed by atoms with E-state index in [0.717, 1.165) is 30.6 Å². The second-order valence-electron chi connectivity index (χ2n) is 5.92. The van der Waals surface area contributed by atoms with Gasteiger partial charge in [-0.25, -0.2) is 0 Å². The van der Waals surface area contributed by atoms with Gasteiger partial charge in [-0.1, -0.05) is 32.9 Å². The maximum absolute atomic E-state index is 5.17. The van der Waals surface area contributed by atoms with E-state index in [-0.39, 0.29) is 0 Å². The topological polar surface area (TPSA) is 21.3 Å². The number of nitrogens with one attached hydrogen (secondary N) is 1. The molecule has 0 aliphatic rings. The highest BCUT2D eigenvalue weighted by Crippen LogP contribution is 2.13. The molecule has 0 spiro atoms. The summed E-state index contributed by atoms with van der Waals surface area (Å²) in [7, 11) is 1.71. The van der Waals surface area contributed by atoms with Crippen molar-refractivity contribution in [1.82, 2.24) is 5.32 Å². The van der Waals surface area contributed by atoms with Gasteiger partial charge in [0.05, 0.1) is 7.11 Å². The van der Waals surface area contributed by atoms with E-state index in [4.69, 9.17) is 4.74 Å². The molecule has 0 aliphatic carbocycles. The third-order valence-electron chi connectivity index (χ3n) is 3.95. The summed E-state index contributed by atoms with van der Waals surface area (Å²) in [5, 5.41) is 3.63. The SMILES string of the molecule is COc1ccc(CCC(C)NCC(C)C(C)C)cc1. The van der Waals surface area contributed by atoms with Gasteiger partial charge in [0, 0.05) is 6.04 Å². The molecule has 0 amide bonds. The molecule has 2 atom stereocenters. The van der Waals surface area contributed by atoms with Gasteiger partial charge in [0.25, 0.3) is 0 Å². The van der Waals surface area contributed by atoms with E-state index in [1.54, 1.807) is 7.11 Å². The largest absolute Gasteiger partial charge is 0.497 e. The minimum atomic E-state index is 0.573. The third kappa shape index (κ3) is 6.11. The van der Waals surface area contributed by atoms with E-state index in [2.05, 4.69) is 45.1 Å². The van der Waals surface area contributed by atoms with Gasteiger partial charge in [-0.15, -0.1) is 0 Å². The molecule has 0 heterocycles. The molecule has 0 aliphatic heterocycles. The quantitative estimate of drug-likeness (QED) is 0.768. The molecule has 19 heavy (non-hydrogen) atoms. The Balaban J connectivity index is 2.27. The predicted molar refractivity (Wildman–Crippen MR) is 82.8 cm³/mol. The van der Waals surface area contributed by atoms with Gasteiger partial charge in [-0.05, 0) is 55.8 Å². The van der Waals surface area contributed by atoms with Gasteiger partial charge >= 0.3 is 0 Å². The fraction of sp³-hybridized carbons (Fsp3) is 0.647. The van der Waals surface area contributed by atoms with Gasteiger partial charge < -0.3 is 10.1 Å². The molecule has 1 aromatic rings. The highest BCUT2D eigenvalue weighted by Gasteiger charge is 2.09. The Bertz CT molecular complexity index is 345. The van der Waals surface area contributed by atoms with Crippen LogP contribution >= 0.6 is 0 Å². The summed E-state index contributed by atoms with van der Waals surface area (Å²) in [5.41, 5.74) is 1.38. The first-order valence-corrected chi connectivity index (χ1v) is 7.39. The van der Waals surface area contributed by atoms with E-state index in [1.807, 2.05) is 12.1 Å².